The summed E-state index contributed by atoms with van der Waals surface area (Å²) in [5, 5.41) is 0. The maximum Gasteiger partial charge on any atom is 0.338 e. The van der Waals surface area contributed by atoms with Crippen LogP contribution in [0.4, 0.5) is 5.69 Å². The molecule has 0 aliphatic rings. The van der Waals surface area contributed by atoms with Crippen LogP contribution in [0.5, 0.6) is 5.88 Å². The lowest BCUT2D eigenvalue weighted by Crippen LogP contribution is -2.12. The van der Waals surface area contributed by atoms with Crippen LogP contribution in [0.3, 0.4) is 0 Å². The van der Waals surface area contributed by atoms with Crippen molar-refractivity contribution in [3.8, 4) is 5.88 Å². The second-order valence-electron chi connectivity index (χ2n) is 4.28. The summed E-state index contributed by atoms with van der Waals surface area (Å²) in [4.78, 5) is 18.9. The van der Waals surface area contributed by atoms with E-state index in [2.05, 4.69) is 9.83 Å². The summed E-state index contributed by atoms with van der Waals surface area (Å²) in [7, 11) is 0. The van der Waals surface area contributed by atoms with E-state index >= 15 is 0 Å². The monoisotopic (exact) mass is 248 g/mol. The molecular formula is C13H16N2O3. The number of carbonyl (C=O) groups is 1. The third kappa shape index (κ3) is 3.74. The van der Waals surface area contributed by atoms with E-state index in [1.54, 1.807) is 13.8 Å². The minimum Gasteiger partial charge on any atom is -0.484 e. The van der Waals surface area contributed by atoms with Gasteiger partial charge in [0, 0.05) is 6.20 Å². The van der Waals surface area contributed by atoms with Crippen molar-refractivity contribution in [1.82, 2.24) is 4.98 Å². The molecule has 0 N–H and O–H groups in total. The zero-order valence-electron chi connectivity index (χ0n) is 10.9. The van der Waals surface area contributed by atoms with Gasteiger partial charge in [-0.3, -0.25) is 0 Å². The second kappa shape index (κ2) is 6.01. The molecule has 18 heavy (non-hydrogen) atoms. The number of pyridine rings is 1. The molecule has 0 unspecified atom stereocenters. The van der Waals surface area contributed by atoms with Crippen molar-refractivity contribution in [1.29, 1.82) is 0 Å². The Balaban J connectivity index is 2.99. The molecule has 0 atom stereocenters. The molecule has 1 aromatic rings. The highest BCUT2D eigenvalue weighted by atomic mass is 16.5. The third-order valence-corrected chi connectivity index (χ3v) is 1.88. The first-order chi connectivity index (χ1) is 8.43. The van der Waals surface area contributed by atoms with Crippen LogP contribution in [-0.2, 0) is 4.74 Å². The van der Waals surface area contributed by atoms with E-state index in [9.17, 15) is 4.79 Å². The summed E-state index contributed by atoms with van der Waals surface area (Å²) < 4.78 is 10.4. The van der Waals surface area contributed by atoms with Gasteiger partial charge in [0.2, 0.25) is 11.6 Å². The number of hydrogen-bond acceptors (Lipinski definition) is 4. The van der Waals surface area contributed by atoms with Crippen LogP contribution in [-0.4, -0.2) is 23.2 Å². The number of aromatic nitrogens is 1. The average Bonchev–Trinajstić information content (AvgIpc) is 2.27. The highest BCUT2D eigenvalue weighted by Crippen LogP contribution is 2.27. The number of rotatable bonds is 4. The van der Waals surface area contributed by atoms with Gasteiger partial charge in [0.1, 0.15) is 0 Å². The van der Waals surface area contributed by atoms with Crippen molar-refractivity contribution in [3.63, 3.8) is 0 Å². The van der Waals surface area contributed by atoms with E-state index < -0.39 is 5.97 Å². The van der Waals surface area contributed by atoms with Crippen molar-refractivity contribution < 1.29 is 14.3 Å². The number of esters is 1. The van der Waals surface area contributed by atoms with Crippen LogP contribution in [0.2, 0.25) is 0 Å². The lowest BCUT2D eigenvalue weighted by Gasteiger charge is -2.11. The Hall–Kier alpha value is -2.09. The number of hydrogen-bond donors (Lipinski definition) is 0. The fourth-order valence-electron chi connectivity index (χ4n) is 1.23. The molecule has 0 aliphatic heterocycles. The van der Waals surface area contributed by atoms with Crippen LogP contribution in [0, 0.1) is 6.57 Å². The molecular weight excluding hydrogens is 232 g/mol. The third-order valence-electron chi connectivity index (χ3n) is 1.88. The Labute approximate surface area is 107 Å². The highest BCUT2D eigenvalue weighted by molar-refractivity contribution is 5.90. The Bertz CT molecular complexity index is 476. The summed E-state index contributed by atoms with van der Waals surface area (Å²) >= 11 is 0. The van der Waals surface area contributed by atoms with E-state index in [-0.39, 0.29) is 29.3 Å². The van der Waals surface area contributed by atoms with Gasteiger partial charge in [-0.1, -0.05) is 0 Å². The Kier molecular flexibility index (Phi) is 4.67. The Morgan fingerprint density at radius 2 is 2.00 bits per heavy atom. The maximum absolute atomic E-state index is 11.7. The topological polar surface area (TPSA) is 52.8 Å². The van der Waals surface area contributed by atoms with Gasteiger partial charge in [-0.2, -0.15) is 0 Å². The summed E-state index contributed by atoms with van der Waals surface area (Å²) in [5.74, 6) is -0.250. The maximum atomic E-state index is 11.7. The second-order valence-corrected chi connectivity index (χ2v) is 4.28. The first-order valence-electron chi connectivity index (χ1n) is 5.69. The average molecular weight is 248 g/mol. The molecule has 0 saturated heterocycles. The van der Waals surface area contributed by atoms with E-state index in [0.717, 1.165) is 0 Å². The van der Waals surface area contributed by atoms with Gasteiger partial charge in [-0.15, -0.1) is 0 Å². The van der Waals surface area contributed by atoms with Crippen molar-refractivity contribution in [2.24, 2.45) is 0 Å². The largest absolute Gasteiger partial charge is 0.484 e. The molecule has 0 spiro atoms. The van der Waals surface area contributed by atoms with Gasteiger partial charge in [0.05, 0.1) is 24.3 Å². The minimum atomic E-state index is -0.488. The number of ether oxygens (including phenoxy) is 2. The molecule has 0 bridgehead atoms. The molecule has 0 saturated carbocycles. The molecule has 0 amide bonds. The predicted molar refractivity (Wildman–Crippen MR) is 66.8 cm³/mol. The van der Waals surface area contributed by atoms with Crippen LogP contribution < -0.4 is 4.74 Å². The van der Waals surface area contributed by atoms with Crippen LogP contribution in [0.1, 0.15) is 38.1 Å². The van der Waals surface area contributed by atoms with Gasteiger partial charge in [0.15, 0.2) is 0 Å². The lowest BCUT2D eigenvalue weighted by molar-refractivity contribution is 0.0377. The molecule has 1 heterocycles. The molecule has 0 aromatic carbocycles. The number of nitrogens with zero attached hydrogens (tertiary/aromatic N) is 2. The van der Waals surface area contributed by atoms with Crippen LogP contribution >= 0.6 is 0 Å². The van der Waals surface area contributed by atoms with Crippen molar-refractivity contribution in [3.05, 3.63) is 29.2 Å². The Morgan fingerprint density at radius 3 is 2.50 bits per heavy atom. The molecule has 0 aliphatic carbocycles. The van der Waals surface area contributed by atoms with E-state index in [4.69, 9.17) is 16.0 Å². The van der Waals surface area contributed by atoms with Crippen molar-refractivity contribution >= 4 is 11.7 Å². The summed E-state index contributed by atoms with van der Waals surface area (Å²) in [6.07, 6.45) is 1.07. The fourth-order valence-corrected chi connectivity index (χ4v) is 1.23. The summed E-state index contributed by atoms with van der Waals surface area (Å²) in [5.41, 5.74) is 0.465. The normalized spacial score (nSPS) is 10.3. The highest BCUT2D eigenvalue weighted by Gasteiger charge is 2.14. The van der Waals surface area contributed by atoms with E-state index in [1.165, 1.54) is 12.3 Å². The zero-order chi connectivity index (χ0) is 13.7. The fraction of sp³-hybridized carbons (Fsp3) is 0.462. The molecule has 96 valence electrons. The van der Waals surface area contributed by atoms with Crippen molar-refractivity contribution in [2.45, 2.75) is 39.9 Å². The van der Waals surface area contributed by atoms with Crippen LogP contribution in [0.15, 0.2) is 12.3 Å². The van der Waals surface area contributed by atoms with E-state index in [1.807, 2.05) is 13.8 Å². The molecule has 0 fully saturated rings. The predicted octanol–water partition coefficient (Wildman–Crippen LogP) is 2.98. The standard InChI is InChI=1S/C13H16N2O3/c1-8(2)17-12-11(14-5)6-10(7-15-12)13(16)18-9(3)4/h6-9H,1-4H3. The molecule has 1 aromatic heterocycles. The lowest BCUT2D eigenvalue weighted by atomic mass is 10.2. The van der Waals surface area contributed by atoms with Gasteiger partial charge in [-0.05, 0) is 33.8 Å². The molecule has 5 nitrogen and oxygen atoms in total. The zero-order valence-corrected chi connectivity index (χ0v) is 10.9. The molecule has 1 rings (SSSR count). The van der Waals surface area contributed by atoms with Gasteiger partial charge in [-0.25, -0.2) is 14.6 Å². The minimum absolute atomic E-state index is 0.0773. The quantitative estimate of drug-likeness (QED) is 0.607. The van der Waals surface area contributed by atoms with E-state index in [0.29, 0.717) is 0 Å². The summed E-state index contributed by atoms with van der Waals surface area (Å²) in [6, 6.07) is 1.43. The number of carbonyl (C=O) groups excluding carboxylic acids is 1. The van der Waals surface area contributed by atoms with Crippen LogP contribution in [0.25, 0.3) is 4.85 Å². The van der Waals surface area contributed by atoms with Gasteiger partial charge < -0.3 is 9.47 Å². The SMILES string of the molecule is [C-]#[N+]c1cc(C(=O)OC(C)C)cnc1OC(C)C. The molecule has 0 radical (unpaired) electrons. The van der Waals surface area contributed by atoms with Gasteiger partial charge >= 0.3 is 5.97 Å². The van der Waals surface area contributed by atoms with Gasteiger partial charge in [0.25, 0.3) is 0 Å². The molecule has 5 heteroatoms. The van der Waals surface area contributed by atoms with Crippen molar-refractivity contribution in [2.75, 3.05) is 0 Å². The first kappa shape index (κ1) is 14.0. The first-order valence-corrected chi connectivity index (χ1v) is 5.69. The Morgan fingerprint density at radius 1 is 1.33 bits per heavy atom. The smallest absolute Gasteiger partial charge is 0.338 e. The summed E-state index contributed by atoms with van der Waals surface area (Å²) in [6.45, 7) is 14.3.